The SMILES string of the molecule is COC(=O)c1ccc(N=Cc2cn(Cc3ccc(C(=O)O)o3)c3ccccc23)cc1. The topological polar surface area (TPSA) is 94.0 Å². The molecule has 0 bridgehead atoms. The van der Waals surface area contributed by atoms with E-state index in [9.17, 15) is 9.59 Å². The van der Waals surface area contributed by atoms with Crippen molar-refractivity contribution in [3.05, 3.63) is 89.5 Å². The molecule has 0 aliphatic rings. The molecule has 0 saturated carbocycles. The third-order valence-electron chi connectivity index (χ3n) is 4.66. The molecule has 4 aromatic rings. The summed E-state index contributed by atoms with van der Waals surface area (Å²) < 4.78 is 12.1. The van der Waals surface area contributed by atoms with E-state index in [0.717, 1.165) is 16.5 Å². The van der Waals surface area contributed by atoms with Crippen LogP contribution in [0, 0.1) is 0 Å². The Labute approximate surface area is 171 Å². The van der Waals surface area contributed by atoms with Gasteiger partial charge in [-0.1, -0.05) is 18.2 Å². The highest BCUT2D eigenvalue weighted by atomic mass is 16.5. The van der Waals surface area contributed by atoms with E-state index in [0.29, 0.717) is 23.6 Å². The fourth-order valence-electron chi connectivity index (χ4n) is 3.20. The minimum atomic E-state index is -1.09. The number of rotatable bonds is 6. The molecule has 0 amide bonds. The first-order valence-electron chi connectivity index (χ1n) is 9.17. The number of esters is 1. The third kappa shape index (κ3) is 3.86. The number of methoxy groups -OCH3 is 1. The number of carbonyl (C=O) groups is 2. The summed E-state index contributed by atoms with van der Waals surface area (Å²) in [5.74, 6) is -1.02. The second-order valence-corrected chi connectivity index (χ2v) is 6.60. The minimum absolute atomic E-state index is 0.0846. The zero-order valence-electron chi connectivity index (χ0n) is 16.1. The molecular weight excluding hydrogens is 384 g/mol. The van der Waals surface area contributed by atoms with Crippen molar-refractivity contribution in [1.82, 2.24) is 4.57 Å². The lowest BCUT2D eigenvalue weighted by atomic mass is 10.2. The summed E-state index contributed by atoms with van der Waals surface area (Å²) in [6.07, 6.45) is 3.71. The van der Waals surface area contributed by atoms with E-state index in [4.69, 9.17) is 14.3 Å². The van der Waals surface area contributed by atoms with Gasteiger partial charge in [0.25, 0.3) is 0 Å². The van der Waals surface area contributed by atoms with Crippen molar-refractivity contribution in [3.63, 3.8) is 0 Å². The third-order valence-corrected chi connectivity index (χ3v) is 4.66. The van der Waals surface area contributed by atoms with Crippen LogP contribution in [-0.4, -0.2) is 34.9 Å². The molecule has 2 aromatic heterocycles. The van der Waals surface area contributed by atoms with Gasteiger partial charge in [0.1, 0.15) is 5.76 Å². The summed E-state index contributed by atoms with van der Waals surface area (Å²) in [4.78, 5) is 27.1. The summed E-state index contributed by atoms with van der Waals surface area (Å²) in [5.41, 5.74) is 3.06. The Kier molecular flexibility index (Phi) is 5.17. The van der Waals surface area contributed by atoms with Crippen molar-refractivity contribution in [2.75, 3.05) is 7.11 Å². The quantitative estimate of drug-likeness (QED) is 0.378. The normalized spacial score (nSPS) is 11.2. The molecule has 150 valence electrons. The molecule has 0 radical (unpaired) electrons. The molecule has 2 aromatic carbocycles. The molecule has 0 atom stereocenters. The number of para-hydroxylation sites is 1. The number of fused-ring (bicyclic) bond motifs is 1. The Bertz CT molecular complexity index is 1250. The van der Waals surface area contributed by atoms with E-state index in [-0.39, 0.29) is 5.76 Å². The fraction of sp³-hybridized carbons (Fsp3) is 0.0870. The van der Waals surface area contributed by atoms with Crippen LogP contribution in [-0.2, 0) is 11.3 Å². The molecule has 0 saturated heterocycles. The lowest BCUT2D eigenvalue weighted by Gasteiger charge is -2.02. The summed E-state index contributed by atoms with van der Waals surface area (Å²) in [5, 5.41) is 10.0. The highest BCUT2D eigenvalue weighted by Gasteiger charge is 2.12. The zero-order valence-corrected chi connectivity index (χ0v) is 16.1. The van der Waals surface area contributed by atoms with Crippen molar-refractivity contribution in [3.8, 4) is 0 Å². The van der Waals surface area contributed by atoms with Crippen molar-refractivity contribution < 1.29 is 23.8 Å². The average molecular weight is 402 g/mol. The Morgan fingerprint density at radius 2 is 1.87 bits per heavy atom. The van der Waals surface area contributed by atoms with Crippen LogP contribution in [0.5, 0.6) is 0 Å². The fourth-order valence-corrected chi connectivity index (χ4v) is 3.20. The standard InChI is InChI=1S/C23H18N2O5/c1-29-23(28)15-6-8-17(9-7-15)24-12-16-13-25(20-5-3-2-4-19(16)20)14-18-10-11-21(30-18)22(26)27/h2-13H,14H2,1H3,(H,26,27). The van der Waals surface area contributed by atoms with Gasteiger partial charge < -0.3 is 18.8 Å². The molecule has 7 heteroatoms. The van der Waals surface area contributed by atoms with Gasteiger partial charge in [-0.2, -0.15) is 0 Å². The molecule has 2 heterocycles. The number of carbonyl (C=O) groups excluding carboxylic acids is 1. The molecule has 0 unspecified atom stereocenters. The number of ether oxygens (including phenoxy) is 1. The molecule has 0 spiro atoms. The van der Waals surface area contributed by atoms with Gasteiger partial charge in [0.05, 0.1) is 24.9 Å². The number of hydrogen-bond acceptors (Lipinski definition) is 5. The van der Waals surface area contributed by atoms with Crippen molar-refractivity contribution in [1.29, 1.82) is 0 Å². The Hall–Kier alpha value is -4.13. The van der Waals surface area contributed by atoms with Gasteiger partial charge in [-0.3, -0.25) is 4.99 Å². The number of aromatic carboxylic acids is 1. The Morgan fingerprint density at radius 1 is 1.10 bits per heavy atom. The van der Waals surface area contributed by atoms with Crippen LogP contribution in [0.25, 0.3) is 10.9 Å². The summed E-state index contributed by atoms with van der Waals surface area (Å²) in [6.45, 7) is 0.398. The van der Waals surface area contributed by atoms with E-state index >= 15 is 0 Å². The van der Waals surface area contributed by atoms with Gasteiger partial charge in [0, 0.05) is 28.9 Å². The largest absolute Gasteiger partial charge is 0.475 e. The summed E-state index contributed by atoms with van der Waals surface area (Å²) >= 11 is 0. The highest BCUT2D eigenvalue weighted by molar-refractivity contribution is 6.00. The number of nitrogens with zero attached hydrogens (tertiary/aromatic N) is 2. The Morgan fingerprint density at radius 3 is 2.57 bits per heavy atom. The van der Waals surface area contributed by atoms with Gasteiger partial charge in [0.2, 0.25) is 5.76 Å². The van der Waals surface area contributed by atoms with Crippen molar-refractivity contribution >= 4 is 34.7 Å². The van der Waals surface area contributed by atoms with Gasteiger partial charge in [-0.15, -0.1) is 0 Å². The zero-order chi connectivity index (χ0) is 21.1. The molecule has 0 fully saturated rings. The monoisotopic (exact) mass is 402 g/mol. The van der Waals surface area contributed by atoms with E-state index < -0.39 is 11.9 Å². The van der Waals surface area contributed by atoms with Crippen LogP contribution in [0.2, 0.25) is 0 Å². The molecule has 4 rings (SSSR count). The maximum absolute atomic E-state index is 11.5. The number of hydrogen-bond donors (Lipinski definition) is 1. The maximum atomic E-state index is 11.5. The summed E-state index contributed by atoms with van der Waals surface area (Å²) in [7, 11) is 1.34. The molecule has 1 N–H and O–H groups in total. The average Bonchev–Trinajstić information content (AvgIpc) is 3.38. The maximum Gasteiger partial charge on any atom is 0.371 e. The lowest BCUT2D eigenvalue weighted by molar-refractivity contribution is 0.0599. The minimum Gasteiger partial charge on any atom is -0.475 e. The van der Waals surface area contributed by atoms with E-state index in [1.165, 1.54) is 13.2 Å². The van der Waals surface area contributed by atoms with Gasteiger partial charge in [0.15, 0.2) is 0 Å². The van der Waals surface area contributed by atoms with Crippen LogP contribution in [0.3, 0.4) is 0 Å². The second kappa shape index (κ2) is 8.08. The van der Waals surface area contributed by atoms with E-state index in [1.54, 1.807) is 36.5 Å². The first-order chi connectivity index (χ1) is 14.5. The molecule has 7 nitrogen and oxygen atoms in total. The van der Waals surface area contributed by atoms with E-state index in [2.05, 4.69) is 4.99 Å². The Balaban J connectivity index is 1.62. The number of benzene rings is 2. The van der Waals surface area contributed by atoms with Gasteiger partial charge in [-0.05, 0) is 42.5 Å². The molecular formula is C23H18N2O5. The van der Waals surface area contributed by atoms with E-state index in [1.807, 2.05) is 35.0 Å². The summed E-state index contributed by atoms with van der Waals surface area (Å²) in [6, 6.07) is 17.8. The van der Waals surface area contributed by atoms with Crippen molar-refractivity contribution in [2.45, 2.75) is 6.54 Å². The number of aromatic nitrogens is 1. The van der Waals surface area contributed by atoms with Crippen LogP contribution in [0.1, 0.15) is 32.2 Å². The first kappa shape index (κ1) is 19.2. The number of aliphatic imine (C=N–C) groups is 1. The van der Waals surface area contributed by atoms with Gasteiger partial charge >= 0.3 is 11.9 Å². The molecule has 0 aliphatic heterocycles. The molecule has 0 aliphatic carbocycles. The van der Waals surface area contributed by atoms with Crippen LogP contribution in [0.4, 0.5) is 5.69 Å². The predicted octanol–water partition coefficient (Wildman–Crippen LogP) is 4.52. The number of furan rings is 1. The molecule has 30 heavy (non-hydrogen) atoms. The van der Waals surface area contributed by atoms with Gasteiger partial charge in [-0.25, -0.2) is 9.59 Å². The van der Waals surface area contributed by atoms with Crippen LogP contribution in [0.15, 0.2) is 76.3 Å². The number of carboxylic acid groups (broad SMARTS) is 1. The first-order valence-corrected chi connectivity index (χ1v) is 9.17. The van der Waals surface area contributed by atoms with Crippen molar-refractivity contribution in [2.24, 2.45) is 4.99 Å². The van der Waals surface area contributed by atoms with Crippen LogP contribution < -0.4 is 0 Å². The predicted molar refractivity (Wildman–Crippen MR) is 112 cm³/mol. The number of carboxylic acids is 1. The highest BCUT2D eigenvalue weighted by Crippen LogP contribution is 2.23. The smallest absolute Gasteiger partial charge is 0.371 e. The van der Waals surface area contributed by atoms with Crippen LogP contribution >= 0.6 is 0 Å². The second-order valence-electron chi connectivity index (χ2n) is 6.60. The lowest BCUT2D eigenvalue weighted by Crippen LogP contribution is -1.99.